The van der Waals surface area contributed by atoms with Crippen LogP contribution in [0.2, 0.25) is 0 Å². The van der Waals surface area contributed by atoms with Crippen molar-refractivity contribution >= 4 is 17.6 Å². The average molecular weight is 228 g/mol. The molecule has 0 spiro atoms. The van der Waals surface area contributed by atoms with Gasteiger partial charge in [-0.15, -0.1) is 0 Å². The van der Waals surface area contributed by atoms with Crippen molar-refractivity contribution in [3.63, 3.8) is 0 Å². The summed E-state index contributed by atoms with van der Waals surface area (Å²) in [6.45, 7) is 8.02. The summed E-state index contributed by atoms with van der Waals surface area (Å²) in [7, 11) is 0. The molecule has 0 atom stereocenters. The van der Waals surface area contributed by atoms with Crippen molar-refractivity contribution in [1.29, 1.82) is 0 Å². The fraction of sp³-hybridized carbons (Fsp3) is 0.364. The van der Waals surface area contributed by atoms with E-state index in [4.69, 9.17) is 16.3 Å². The Morgan fingerprint density at radius 3 is 2.87 bits per heavy atom. The van der Waals surface area contributed by atoms with Crippen LogP contribution in [-0.2, 0) is 11.3 Å². The third-order valence-electron chi connectivity index (χ3n) is 1.98. The van der Waals surface area contributed by atoms with Crippen molar-refractivity contribution in [2.45, 2.75) is 20.4 Å². The molecule has 0 saturated heterocycles. The summed E-state index contributed by atoms with van der Waals surface area (Å²) in [4.78, 5) is 11.6. The van der Waals surface area contributed by atoms with Gasteiger partial charge in [-0.25, -0.2) is 4.79 Å². The summed E-state index contributed by atoms with van der Waals surface area (Å²) < 4.78 is 6.70. The molecule has 0 aliphatic rings. The highest BCUT2D eigenvalue weighted by Crippen LogP contribution is 2.14. The summed E-state index contributed by atoms with van der Waals surface area (Å²) in [5, 5.41) is 0.483. The van der Waals surface area contributed by atoms with Crippen LogP contribution in [0.25, 0.3) is 0 Å². The van der Waals surface area contributed by atoms with Gasteiger partial charge in [0.15, 0.2) is 0 Å². The maximum atomic E-state index is 11.6. The predicted octanol–water partition coefficient (Wildman–Crippen LogP) is 2.73. The van der Waals surface area contributed by atoms with Crippen LogP contribution in [0.1, 0.15) is 23.0 Å². The van der Waals surface area contributed by atoms with Crippen LogP contribution in [0.3, 0.4) is 0 Å². The fourth-order valence-corrected chi connectivity index (χ4v) is 1.50. The first kappa shape index (κ1) is 11.9. The topological polar surface area (TPSA) is 31.2 Å². The van der Waals surface area contributed by atoms with Gasteiger partial charge >= 0.3 is 5.97 Å². The number of aromatic nitrogens is 1. The largest absolute Gasteiger partial charge is 0.461 e. The molecule has 82 valence electrons. The van der Waals surface area contributed by atoms with E-state index >= 15 is 0 Å². The Balaban J connectivity index is 2.98. The van der Waals surface area contributed by atoms with Gasteiger partial charge in [-0.3, -0.25) is 0 Å². The SMILES string of the molecule is C=C(Cl)Cn1ccc(C)c1C(=O)OCC. The Labute approximate surface area is 94.3 Å². The number of hydrogen-bond donors (Lipinski definition) is 0. The lowest BCUT2D eigenvalue weighted by Gasteiger charge is -2.08. The maximum Gasteiger partial charge on any atom is 0.355 e. The molecule has 1 aromatic heterocycles. The first-order valence-corrected chi connectivity index (χ1v) is 5.10. The van der Waals surface area contributed by atoms with Gasteiger partial charge in [0.2, 0.25) is 0 Å². The van der Waals surface area contributed by atoms with E-state index in [1.54, 1.807) is 17.7 Å². The van der Waals surface area contributed by atoms with Gasteiger partial charge in [-0.05, 0) is 25.5 Å². The molecule has 0 N–H and O–H groups in total. The molecule has 0 amide bonds. The predicted molar refractivity (Wildman–Crippen MR) is 60.1 cm³/mol. The van der Waals surface area contributed by atoms with Gasteiger partial charge in [0, 0.05) is 11.2 Å². The first-order chi connectivity index (χ1) is 7.06. The summed E-state index contributed by atoms with van der Waals surface area (Å²) in [6.07, 6.45) is 1.80. The van der Waals surface area contributed by atoms with E-state index < -0.39 is 0 Å². The summed E-state index contributed by atoms with van der Waals surface area (Å²) in [5.74, 6) is -0.321. The van der Waals surface area contributed by atoms with Gasteiger partial charge in [-0.1, -0.05) is 18.2 Å². The molecule has 0 aromatic carbocycles. The highest BCUT2D eigenvalue weighted by molar-refractivity contribution is 6.29. The van der Waals surface area contributed by atoms with Crippen LogP contribution in [-0.4, -0.2) is 17.1 Å². The van der Waals surface area contributed by atoms with Gasteiger partial charge in [0.05, 0.1) is 13.2 Å². The zero-order valence-corrected chi connectivity index (χ0v) is 9.67. The Hall–Kier alpha value is -1.22. The van der Waals surface area contributed by atoms with Crippen molar-refractivity contribution in [2.75, 3.05) is 6.61 Å². The first-order valence-electron chi connectivity index (χ1n) is 4.72. The van der Waals surface area contributed by atoms with Crippen LogP contribution in [0.15, 0.2) is 23.9 Å². The zero-order valence-electron chi connectivity index (χ0n) is 8.92. The second-order valence-electron chi connectivity index (χ2n) is 3.21. The highest BCUT2D eigenvalue weighted by atomic mass is 35.5. The molecule has 0 aliphatic carbocycles. The second kappa shape index (κ2) is 5.03. The van der Waals surface area contributed by atoms with E-state index in [0.717, 1.165) is 5.56 Å². The van der Waals surface area contributed by atoms with Crippen LogP contribution in [0, 0.1) is 6.92 Å². The van der Waals surface area contributed by atoms with Gasteiger partial charge in [0.1, 0.15) is 5.69 Å². The molecule has 0 bridgehead atoms. The van der Waals surface area contributed by atoms with Crippen molar-refractivity contribution in [3.8, 4) is 0 Å². The molecule has 4 heteroatoms. The lowest BCUT2D eigenvalue weighted by Crippen LogP contribution is -2.13. The number of nitrogens with zero attached hydrogens (tertiary/aromatic N) is 1. The Morgan fingerprint density at radius 2 is 2.33 bits per heavy atom. The highest BCUT2D eigenvalue weighted by Gasteiger charge is 2.15. The monoisotopic (exact) mass is 227 g/mol. The van der Waals surface area contributed by atoms with E-state index in [9.17, 15) is 4.79 Å². The van der Waals surface area contributed by atoms with Crippen molar-refractivity contribution in [2.24, 2.45) is 0 Å². The number of carbonyl (C=O) groups excluding carboxylic acids is 1. The van der Waals surface area contributed by atoms with Crippen LogP contribution < -0.4 is 0 Å². The van der Waals surface area contributed by atoms with Crippen LogP contribution >= 0.6 is 11.6 Å². The van der Waals surface area contributed by atoms with Gasteiger partial charge in [0.25, 0.3) is 0 Å². The van der Waals surface area contributed by atoms with Crippen molar-refractivity contribution in [1.82, 2.24) is 4.57 Å². The number of ether oxygens (including phenoxy) is 1. The quantitative estimate of drug-likeness (QED) is 0.741. The second-order valence-corrected chi connectivity index (χ2v) is 3.75. The van der Waals surface area contributed by atoms with E-state index in [1.165, 1.54) is 0 Å². The number of halogens is 1. The number of carbonyl (C=O) groups is 1. The number of hydrogen-bond acceptors (Lipinski definition) is 2. The smallest absolute Gasteiger partial charge is 0.355 e. The zero-order chi connectivity index (χ0) is 11.4. The molecule has 1 aromatic rings. The normalized spacial score (nSPS) is 10.1. The minimum Gasteiger partial charge on any atom is -0.461 e. The lowest BCUT2D eigenvalue weighted by molar-refractivity contribution is 0.0513. The van der Waals surface area contributed by atoms with Gasteiger partial charge < -0.3 is 9.30 Å². The van der Waals surface area contributed by atoms with Gasteiger partial charge in [-0.2, -0.15) is 0 Å². The average Bonchev–Trinajstić information content (AvgIpc) is 2.46. The van der Waals surface area contributed by atoms with E-state index in [2.05, 4.69) is 6.58 Å². The molecule has 1 rings (SSSR count). The third kappa shape index (κ3) is 2.86. The molecule has 0 unspecified atom stereocenters. The minimum atomic E-state index is -0.321. The van der Waals surface area contributed by atoms with Crippen molar-refractivity contribution < 1.29 is 9.53 Å². The van der Waals surface area contributed by atoms with E-state index in [-0.39, 0.29) is 5.97 Å². The Bertz CT molecular complexity index is 382. The standard InChI is InChI=1S/C11H14ClNO2/c1-4-15-11(14)10-8(2)5-6-13(10)7-9(3)12/h5-6H,3-4,7H2,1-2H3. The van der Waals surface area contributed by atoms with Crippen LogP contribution in [0.4, 0.5) is 0 Å². The number of allylic oxidation sites excluding steroid dienone is 1. The third-order valence-corrected chi connectivity index (χ3v) is 2.10. The Kier molecular flexibility index (Phi) is 3.97. The molecule has 3 nitrogen and oxygen atoms in total. The van der Waals surface area contributed by atoms with Crippen LogP contribution in [0.5, 0.6) is 0 Å². The number of aryl methyl sites for hydroxylation is 1. The molecule has 0 saturated carbocycles. The summed E-state index contributed by atoms with van der Waals surface area (Å²) in [6, 6.07) is 1.85. The number of rotatable bonds is 4. The summed E-state index contributed by atoms with van der Waals surface area (Å²) in [5.41, 5.74) is 1.42. The summed E-state index contributed by atoms with van der Waals surface area (Å²) >= 11 is 5.71. The lowest BCUT2D eigenvalue weighted by atomic mass is 10.3. The minimum absolute atomic E-state index is 0.321. The fourth-order valence-electron chi connectivity index (χ4n) is 1.38. The molecular weight excluding hydrogens is 214 g/mol. The maximum absolute atomic E-state index is 11.6. The Morgan fingerprint density at radius 1 is 1.67 bits per heavy atom. The molecular formula is C11H14ClNO2. The van der Waals surface area contributed by atoms with E-state index in [1.807, 2.05) is 13.0 Å². The number of esters is 1. The molecule has 0 radical (unpaired) electrons. The molecule has 0 fully saturated rings. The molecule has 1 heterocycles. The van der Waals surface area contributed by atoms with Crippen molar-refractivity contribution in [3.05, 3.63) is 35.1 Å². The van der Waals surface area contributed by atoms with E-state index in [0.29, 0.717) is 23.9 Å². The molecule has 15 heavy (non-hydrogen) atoms. The molecule has 0 aliphatic heterocycles.